The van der Waals surface area contributed by atoms with Crippen molar-refractivity contribution in [3.05, 3.63) is 53.3 Å². The molecule has 27 heavy (non-hydrogen) atoms. The van der Waals surface area contributed by atoms with E-state index in [0.717, 1.165) is 41.9 Å². The number of nitrogens with one attached hydrogen (secondary N) is 1. The van der Waals surface area contributed by atoms with Crippen LogP contribution in [0.15, 0.2) is 36.4 Å². The van der Waals surface area contributed by atoms with Crippen LogP contribution in [0.4, 0.5) is 5.69 Å². The first-order chi connectivity index (χ1) is 13.0. The van der Waals surface area contributed by atoms with Crippen LogP contribution >= 0.6 is 0 Å². The monoisotopic (exact) mass is 363 g/mol. The second-order valence-electron chi connectivity index (χ2n) is 7.37. The smallest absolute Gasteiger partial charge is 0.252 e. The quantitative estimate of drug-likeness (QED) is 0.774. The summed E-state index contributed by atoms with van der Waals surface area (Å²) < 4.78 is 1.74. The topological polar surface area (TPSA) is 63.1 Å². The van der Waals surface area contributed by atoms with Gasteiger partial charge in [-0.1, -0.05) is 18.2 Å². The lowest BCUT2D eigenvalue weighted by atomic mass is 10.1. The number of carbonyl (C=O) groups excluding carboxylic acids is 1. The predicted molar refractivity (Wildman–Crippen MR) is 107 cm³/mol. The SMILES string of the molecule is Cc1cc(C(=O)NCC2CCN(c3ccccc3)C2)c2c(C)nn(C)c2n1. The third-order valence-electron chi connectivity index (χ3n) is 5.30. The molecular weight excluding hydrogens is 338 g/mol. The Labute approximate surface area is 159 Å². The molecule has 0 bridgehead atoms. The first-order valence-corrected chi connectivity index (χ1v) is 9.42. The molecule has 1 aliphatic rings. The highest BCUT2D eigenvalue weighted by atomic mass is 16.1. The lowest BCUT2D eigenvalue weighted by Crippen LogP contribution is -2.31. The van der Waals surface area contributed by atoms with Crippen LogP contribution in [-0.2, 0) is 7.05 Å². The number of aromatic nitrogens is 3. The number of amides is 1. The van der Waals surface area contributed by atoms with Crippen molar-refractivity contribution in [2.45, 2.75) is 20.3 Å². The molecule has 3 aromatic rings. The number of hydrogen-bond acceptors (Lipinski definition) is 4. The average molecular weight is 363 g/mol. The largest absolute Gasteiger partial charge is 0.371 e. The minimum Gasteiger partial charge on any atom is -0.371 e. The van der Waals surface area contributed by atoms with E-state index in [2.05, 4.69) is 44.6 Å². The van der Waals surface area contributed by atoms with Crippen LogP contribution < -0.4 is 10.2 Å². The Balaban J connectivity index is 1.46. The van der Waals surface area contributed by atoms with E-state index in [1.165, 1.54) is 5.69 Å². The van der Waals surface area contributed by atoms with Crippen molar-refractivity contribution in [3.8, 4) is 0 Å². The van der Waals surface area contributed by atoms with Gasteiger partial charge in [-0.2, -0.15) is 5.10 Å². The van der Waals surface area contributed by atoms with Crippen molar-refractivity contribution < 1.29 is 4.79 Å². The minimum absolute atomic E-state index is 0.0419. The van der Waals surface area contributed by atoms with Crippen molar-refractivity contribution in [3.63, 3.8) is 0 Å². The van der Waals surface area contributed by atoms with Crippen LogP contribution in [0.1, 0.15) is 28.2 Å². The summed E-state index contributed by atoms with van der Waals surface area (Å²) in [5, 5.41) is 8.41. The third kappa shape index (κ3) is 3.39. The summed E-state index contributed by atoms with van der Waals surface area (Å²) in [4.78, 5) is 19.8. The van der Waals surface area contributed by atoms with Gasteiger partial charge in [0.05, 0.1) is 16.6 Å². The number of benzene rings is 1. The molecule has 1 atom stereocenters. The zero-order chi connectivity index (χ0) is 19.0. The molecule has 1 aromatic carbocycles. The lowest BCUT2D eigenvalue weighted by molar-refractivity contribution is 0.0949. The predicted octanol–water partition coefficient (Wildman–Crippen LogP) is 2.84. The standard InChI is InChI=1S/C21H25N5O/c1-14-11-18(19-15(2)24-25(3)20(19)23-14)21(27)22-12-16-9-10-26(13-16)17-7-5-4-6-8-17/h4-8,11,16H,9-10,12-13H2,1-3H3,(H,22,27). The molecule has 1 amide bonds. The molecule has 1 saturated heterocycles. The molecule has 6 nitrogen and oxygen atoms in total. The van der Waals surface area contributed by atoms with Crippen LogP contribution in [-0.4, -0.2) is 40.3 Å². The van der Waals surface area contributed by atoms with Gasteiger partial charge in [0.1, 0.15) is 0 Å². The second-order valence-corrected chi connectivity index (χ2v) is 7.37. The summed E-state index contributed by atoms with van der Waals surface area (Å²) >= 11 is 0. The van der Waals surface area contributed by atoms with Crippen LogP contribution in [0.2, 0.25) is 0 Å². The molecule has 1 unspecified atom stereocenters. The van der Waals surface area contributed by atoms with Crippen LogP contribution in [0.5, 0.6) is 0 Å². The van der Waals surface area contributed by atoms with E-state index >= 15 is 0 Å². The van der Waals surface area contributed by atoms with Gasteiger partial charge in [0.2, 0.25) is 0 Å². The number of aryl methyl sites for hydroxylation is 3. The van der Waals surface area contributed by atoms with Gasteiger partial charge >= 0.3 is 0 Å². The van der Waals surface area contributed by atoms with Gasteiger partial charge in [0.15, 0.2) is 5.65 Å². The molecule has 4 rings (SSSR count). The van der Waals surface area contributed by atoms with Crippen molar-refractivity contribution in [2.24, 2.45) is 13.0 Å². The van der Waals surface area contributed by atoms with Gasteiger partial charge in [-0.3, -0.25) is 9.48 Å². The molecule has 2 aromatic heterocycles. The molecule has 3 heterocycles. The van der Waals surface area contributed by atoms with Crippen LogP contribution in [0.25, 0.3) is 11.0 Å². The van der Waals surface area contributed by atoms with Gasteiger partial charge in [0, 0.05) is 38.1 Å². The Morgan fingerprint density at radius 3 is 2.81 bits per heavy atom. The molecule has 1 aliphatic heterocycles. The van der Waals surface area contributed by atoms with Gasteiger partial charge < -0.3 is 10.2 Å². The molecule has 1 N–H and O–H groups in total. The maximum atomic E-state index is 12.9. The molecule has 0 aliphatic carbocycles. The van der Waals surface area contributed by atoms with E-state index in [1.54, 1.807) is 4.68 Å². The summed E-state index contributed by atoms with van der Waals surface area (Å²) in [6, 6.07) is 12.3. The highest BCUT2D eigenvalue weighted by Gasteiger charge is 2.24. The molecular formula is C21H25N5O. The Morgan fingerprint density at radius 2 is 2.04 bits per heavy atom. The number of pyridine rings is 1. The number of hydrogen-bond donors (Lipinski definition) is 1. The fraction of sp³-hybridized carbons (Fsp3) is 0.381. The fourth-order valence-corrected chi connectivity index (χ4v) is 3.95. The number of nitrogens with zero attached hydrogens (tertiary/aromatic N) is 4. The Bertz CT molecular complexity index is 979. The Morgan fingerprint density at radius 1 is 1.26 bits per heavy atom. The first-order valence-electron chi connectivity index (χ1n) is 9.42. The maximum absolute atomic E-state index is 12.9. The molecule has 140 valence electrons. The number of rotatable bonds is 4. The first kappa shape index (κ1) is 17.5. The number of para-hydroxylation sites is 1. The Hall–Kier alpha value is -2.89. The third-order valence-corrected chi connectivity index (χ3v) is 5.30. The zero-order valence-corrected chi connectivity index (χ0v) is 16.1. The fourth-order valence-electron chi connectivity index (χ4n) is 3.95. The van der Waals surface area contributed by atoms with Crippen molar-refractivity contribution in [1.29, 1.82) is 0 Å². The average Bonchev–Trinajstić information content (AvgIpc) is 3.25. The normalized spacial score (nSPS) is 16.9. The summed E-state index contributed by atoms with van der Waals surface area (Å²) in [6.45, 7) is 6.52. The molecule has 0 saturated carbocycles. The van der Waals surface area contributed by atoms with Crippen LogP contribution in [0.3, 0.4) is 0 Å². The summed E-state index contributed by atoms with van der Waals surface area (Å²) in [7, 11) is 1.86. The summed E-state index contributed by atoms with van der Waals surface area (Å²) in [5.41, 5.74) is 4.34. The molecule has 0 spiro atoms. The number of anilines is 1. The van der Waals surface area contributed by atoms with E-state index in [9.17, 15) is 4.79 Å². The van der Waals surface area contributed by atoms with Crippen LogP contribution in [0, 0.1) is 19.8 Å². The zero-order valence-electron chi connectivity index (χ0n) is 16.1. The second kappa shape index (κ2) is 7.02. The number of carbonyl (C=O) groups is 1. The maximum Gasteiger partial charge on any atom is 0.252 e. The van der Waals surface area contributed by atoms with E-state index in [0.29, 0.717) is 18.0 Å². The number of fused-ring (bicyclic) bond motifs is 1. The minimum atomic E-state index is -0.0419. The van der Waals surface area contributed by atoms with E-state index in [4.69, 9.17) is 0 Å². The lowest BCUT2D eigenvalue weighted by Gasteiger charge is -2.18. The van der Waals surface area contributed by atoms with E-state index in [-0.39, 0.29) is 5.91 Å². The van der Waals surface area contributed by atoms with Gasteiger partial charge in [-0.15, -0.1) is 0 Å². The summed E-state index contributed by atoms with van der Waals surface area (Å²) in [5.74, 6) is 0.419. The van der Waals surface area contributed by atoms with Gasteiger partial charge in [-0.25, -0.2) is 4.98 Å². The molecule has 6 heteroatoms. The van der Waals surface area contributed by atoms with Crippen molar-refractivity contribution in [1.82, 2.24) is 20.1 Å². The summed E-state index contributed by atoms with van der Waals surface area (Å²) in [6.07, 6.45) is 1.09. The highest BCUT2D eigenvalue weighted by Crippen LogP contribution is 2.24. The van der Waals surface area contributed by atoms with E-state index in [1.807, 2.05) is 33.0 Å². The Kier molecular flexibility index (Phi) is 4.56. The van der Waals surface area contributed by atoms with Gasteiger partial charge in [-0.05, 0) is 44.4 Å². The van der Waals surface area contributed by atoms with E-state index < -0.39 is 0 Å². The molecule has 0 radical (unpaired) electrons. The van der Waals surface area contributed by atoms with Gasteiger partial charge in [0.25, 0.3) is 5.91 Å². The van der Waals surface area contributed by atoms with Crippen molar-refractivity contribution >= 4 is 22.6 Å². The van der Waals surface area contributed by atoms with Crippen molar-refractivity contribution in [2.75, 3.05) is 24.5 Å². The molecule has 1 fully saturated rings. The highest BCUT2D eigenvalue weighted by molar-refractivity contribution is 6.06.